The minimum Gasteiger partial charge on any atom is -0.493 e. The first-order chi connectivity index (χ1) is 13.4. The number of benzene rings is 2. The molecule has 7 nitrogen and oxygen atoms in total. The molecule has 0 bridgehead atoms. The molecular formula is C19H20F2N2O5. The number of nitrogens with one attached hydrogen (secondary N) is 2. The Balaban J connectivity index is 1.97. The number of ether oxygens (including phenoxy) is 3. The monoisotopic (exact) mass is 394 g/mol. The van der Waals surface area contributed by atoms with Crippen molar-refractivity contribution in [3.05, 3.63) is 48.0 Å². The van der Waals surface area contributed by atoms with Gasteiger partial charge in [-0.1, -0.05) is 12.1 Å². The van der Waals surface area contributed by atoms with E-state index in [2.05, 4.69) is 15.4 Å². The Hall–Kier alpha value is -3.36. The average molecular weight is 394 g/mol. The number of alkyl halides is 2. The van der Waals surface area contributed by atoms with Crippen LogP contribution in [0.3, 0.4) is 0 Å². The normalized spacial score (nSPS) is 10.3. The van der Waals surface area contributed by atoms with E-state index in [1.807, 2.05) is 6.92 Å². The molecule has 0 radical (unpaired) electrons. The molecule has 0 aliphatic heterocycles. The molecule has 0 aromatic heterocycles. The summed E-state index contributed by atoms with van der Waals surface area (Å²) in [7, 11) is 1.47. The van der Waals surface area contributed by atoms with E-state index in [1.165, 1.54) is 31.4 Å². The lowest BCUT2D eigenvalue weighted by molar-refractivity contribution is -0.115. The molecule has 0 spiro atoms. The second-order valence-corrected chi connectivity index (χ2v) is 5.40. The van der Waals surface area contributed by atoms with Gasteiger partial charge in [-0.25, -0.2) is 0 Å². The van der Waals surface area contributed by atoms with Crippen molar-refractivity contribution in [3.63, 3.8) is 0 Å². The molecule has 0 saturated carbocycles. The third kappa shape index (κ3) is 5.83. The Kier molecular flexibility index (Phi) is 7.55. The summed E-state index contributed by atoms with van der Waals surface area (Å²) in [5, 5.41) is 4.96. The molecule has 2 rings (SSSR count). The summed E-state index contributed by atoms with van der Waals surface area (Å²) in [5.74, 6) is -0.511. The van der Waals surface area contributed by atoms with Crippen LogP contribution in [0.25, 0.3) is 0 Å². The van der Waals surface area contributed by atoms with Crippen LogP contribution >= 0.6 is 0 Å². The van der Waals surface area contributed by atoms with Gasteiger partial charge in [-0.2, -0.15) is 8.78 Å². The molecule has 0 heterocycles. The quantitative estimate of drug-likeness (QED) is 0.683. The summed E-state index contributed by atoms with van der Waals surface area (Å²) in [6.45, 7) is -1.13. The van der Waals surface area contributed by atoms with Crippen molar-refractivity contribution in [2.75, 3.05) is 25.6 Å². The van der Waals surface area contributed by atoms with Crippen LogP contribution in [-0.2, 0) is 4.79 Å². The van der Waals surface area contributed by atoms with E-state index in [4.69, 9.17) is 9.47 Å². The molecule has 0 aliphatic rings. The van der Waals surface area contributed by atoms with Gasteiger partial charge in [0.2, 0.25) is 5.91 Å². The minimum atomic E-state index is -3.06. The van der Waals surface area contributed by atoms with Gasteiger partial charge < -0.3 is 24.8 Å². The maximum atomic E-state index is 12.4. The fourth-order valence-corrected chi connectivity index (χ4v) is 2.33. The van der Waals surface area contributed by atoms with E-state index in [1.54, 1.807) is 18.2 Å². The van der Waals surface area contributed by atoms with E-state index in [0.717, 1.165) is 0 Å². The van der Waals surface area contributed by atoms with Gasteiger partial charge in [0.25, 0.3) is 5.91 Å². The number of hydrogen-bond acceptors (Lipinski definition) is 5. The summed E-state index contributed by atoms with van der Waals surface area (Å²) < 4.78 is 39.7. The molecule has 9 heteroatoms. The number of amides is 2. The number of rotatable bonds is 9. The summed E-state index contributed by atoms with van der Waals surface area (Å²) >= 11 is 0. The highest BCUT2D eigenvalue weighted by Gasteiger charge is 2.16. The van der Waals surface area contributed by atoms with Crippen molar-refractivity contribution in [2.24, 2.45) is 0 Å². The number of halogens is 2. The third-order valence-corrected chi connectivity index (χ3v) is 3.50. The maximum absolute atomic E-state index is 12.4. The Morgan fingerprint density at radius 3 is 2.50 bits per heavy atom. The highest BCUT2D eigenvalue weighted by molar-refractivity contribution is 6.00. The standard InChI is InChI=1S/C19H20F2N2O5/c1-3-27-15-9-8-12(10-16(15)26-2)23-17(24)11-22-18(25)13-6-4-5-7-14(13)28-19(20)21/h4-10,19H,3,11H2,1-2H3,(H,22,25)(H,23,24). The summed E-state index contributed by atoms with van der Waals surface area (Å²) in [5.41, 5.74) is 0.347. The fraction of sp³-hybridized carbons (Fsp3) is 0.263. The predicted molar refractivity (Wildman–Crippen MR) is 98.2 cm³/mol. The minimum absolute atomic E-state index is 0.0988. The SMILES string of the molecule is CCOc1ccc(NC(=O)CNC(=O)c2ccccc2OC(F)F)cc1OC. The van der Waals surface area contributed by atoms with Gasteiger partial charge in [-0.3, -0.25) is 9.59 Å². The van der Waals surface area contributed by atoms with Crippen LogP contribution in [0.5, 0.6) is 17.2 Å². The average Bonchev–Trinajstić information content (AvgIpc) is 2.67. The van der Waals surface area contributed by atoms with Gasteiger partial charge in [-0.15, -0.1) is 0 Å². The summed E-state index contributed by atoms with van der Waals surface area (Å²) in [6.07, 6.45) is 0. The molecule has 0 atom stereocenters. The van der Waals surface area contributed by atoms with Gasteiger partial charge in [0, 0.05) is 11.8 Å². The first kappa shape index (κ1) is 20.9. The number of hydrogen-bond donors (Lipinski definition) is 2. The van der Waals surface area contributed by atoms with Crippen LogP contribution < -0.4 is 24.8 Å². The lowest BCUT2D eigenvalue weighted by atomic mass is 10.2. The molecule has 2 aromatic carbocycles. The highest BCUT2D eigenvalue weighted by Crippen LogP contribution is 2.30. The van der Waals surface area contributed by atoms with E-state index in [0.29, 0.717) is 23.8 Å². The largest absolute Gasteiger partial charge is 0.493 e. The molecule has 150 valence electrons. The van der Waals surface area contributed by atoms with E-state index in [-0.39, 0.29) is 17.9 Å². The Morgan fingerprint density at radius 1 is 1.07 bits per heavy atom. The second-order valence-electron chi connectivity index (χ2n) is 5.40. The fourth-order valence-electron chi connectivity index (χ4n) is 2.33. The van der Waals surface area contributed by atoms with Crippen LogP contribution in [0.4, 0.5) is 14.5 Å². The van der Waals surface area contributed by atoms with Gasteiger partial charge in [0.1, 0.15) is 5.75 Å². The zero-order valence-electron chi connectivity index (χ0n) is 15.3. The topological polar surface area (TPSA) is 85.9 Å². The third-order valence-electron chi connectivity index (χ3n) is 3.50. The summed E-state index contributed by atoms with van der Waals surface area (Å²) in [4.78, 5) is 24.2. The van der Waals surface area contributed by atoms with Crippen molar-refractivity contribution in [2.45, 2.75) is 13.5 Å². The lowest BCUT2D eigenvalue weighted by Gasteiger charge is -2.13. The molecule has 0 aliphatic carbocycles. The molecule has 0 saturated heterocycles. The van der Waals surface area contributed by atoms with Crippen molar-refractivity contribution >= 4 is 17.5 Å². The van der Waals surface area contributed by atoms with Crippen LogP contribution in [0.2, 0.25) is 0 Å². The van der Waals surface area contributed by atoms with Crippen molar-refractivity contribution < 1.29 is 32.6 Å². The van der Waals surface area contributed by atoms with Crippen LogP contribution in [0.1, 0.15) is 17.3 Å². The molecule has 0 fully saturated rings. The maximum Gasteiger partial charge on any atom is 0.387 e. The summed E-state index contributed by atoms with van der Waals surface area (Å²) in [6, 6.07) is 10.4. The number of carbonyl (C=O) groups is 2. The van der Waals surface area contributed by atoms with E-state index >= 15 is 0 Å². The number of methoxy groups -OCH3 is 1. The van der Waals surface area contributed by atoms with Crippen LogP contribution in [0.15, 0.2) is 42.5 Å². The molecule has 2 N–H and O–H groups in total. The van der Waals surface area contributed by atoms with Gasteiger partial charge in [-0.05, 0) is 31.2 Å². The predicted octanol–water partition coefficient (Wildman–Crippen LogP) is 3.06. The first-order valence-electron chi connectivity index (χ1n) is 8.37. The number of para-hydroxylation sites is 1. The number of anilines is 1. The second kappa shape index (κ2) is 10.1. The Bertz CT molecular complexity index is 830. The van der Waals surface area contributed by atoms with Gasteiger partial charge in [0.05, 0.1) is 25.8 Å². The zero-order chi connectivity index (χ0) is 20.5. The molecule has 2 aromatic rings. The molecule has 0 unspecified atom stereocenters. The van der Waals surface area contributed by atoms with Crippen molar-refractivity contribution in [1.82, 2.24) is 5.32 Å². The molecular weight excluding hydrogens is 374 g/mol. The van der Waals surface area contributed by atoms with Gasteiger partial charge >= 0.3 is 6.61 Å². The Morgan fingerprint density at radius 2 is 1.82 bits per heavy atom. The van der Waals surface area contributed by atoms with Crippen molar-refractivity contribution in [3.8, 4) is 17.2 Å². The molecule has 28 heavy (non-hydrogen) atoms. The molecule has 2 amide bonds. The Labute approximate surface area is 160 Å². The smallest absolute Gasteiger partial charge is 0.387 e. The van der Waals surface area contributed by atoms with Crippen molar-refractivity contribution in [1.29, 1.82) is 0 Å². The zero-order valence-corrected chi connectivity index (χ0v) is 15.3. The van der Waals surface area contributed by atoms with E-state index in [9.17, 15) is 18.4 Å². The first-order valence-corrected chi connectivity index (χ1v) is 8.37. The van der Waals surface area contributed by atoms with Crippen LogP contribution in [-0.4, -0.2) is 38.7 Å². The highest BCUT2D eigenvalue weighted by atomic mass is 19.3. The van der Waals surface area contributed by atoms with Crippen LogP contribution in [0, 0.1) is 0 Å². The van der Waals surface area contributed by atoms with E-state index < -0.39 is 18.4 Å². The number of carbonyl (C=O) groups excluding carboxylic acids is 2. The van der Waals surface area contributed by atoms with Gasteiger partial charge in [0.15, 0.2) is 11.5 Å². The lowest BCUT2D eigenvalue weighted by Crippen LogP contribution is -2.33.